The van der Waals surface area contributed by atoms with Crippen LogP contribution in [0.2, 0.25) is 0 Å². The second kappa shape index (κ2) is 6.27. The monoisotopic (exact) mass is 253 g/mol. The highest BCUT2D eigenvalue weighted by Crippen LogP contribution is 2.31. The zero-order valence-corrected chi connectivity index (χ0v) is 10.9. The zero-order chi connectivity index (χ0) is 13.0. The second-order valence-corrected chi connectivity index (χ2v) is 4.90. The number of halogens is 1. The lowest BCUT2D eigenvalue weighted by molar-refractivity contribution is -0.282. The molecule has 18 heavy (non-hydrogen) atoms. The maximum Gasteiger partial charge on any atom is 0.123 e. The predicted molar refractivity (Wildman–Crippen MR) is 67.6 cm³/mol. The van der Waals surface area contributed by atoms with Crippen molar-refractivity contribution in [1.29, 1.82) is 0 Å². The minimum Gasteiger partial charge on any atom is -0.316 e. The van der Waals surface area contributed by atoms with Gasteiger partial charge in [0, 0.05) is 0 Å². The van der Waals surface area contributed by atoms with Crippen molar-refractivity contribution in [2.45, 2.75) is 25.9 Å². The van der Waals surface area contributed by atoms with Crippen LogP contribution < -0.4 is 5.32 Å². The van der Waals surface area contributed by atoms with E-state index in [2.05, 4.69) is 17.1 Å². The molecule has 2 atom stereocenters. The molecule has 1 aliphatic rings. The first-order chi connectivity index (χ1) is 8.70. The topological polar surface area (TPSA) is 30.5 Å². The smallest absolute Gasteiger partial charge is 0.123 e. The fourth-order valence-electron chi connectivity index (χ4n) is 2.61. The summed E-state index contributed by atoms with van der Waals surface area (Å²) in [4.78, 5) is 9.42. The van der Waals surface area contributed by atoms with Crippen molar-refractivity contribution >= 4 is 0 Å². The Morgan fingerprint density at radius 2 is 2.22 bits per heavy atom. The Labute approximate surface area is 107 Å². The maximum absolute atomic E-state index is 13.6. The van der Waals surface area contributed by atoms with Gasteiger partial charge in [0.1, 0.15) is 12.4 Å². The van der Waals surface area contributed by atoms with Crippen LogP contribution in [0.4, 0.5) is 4.39 Å². The summed E-state index contributed by atoms with van der Waals surface area (Å²) >= 11 is 0. The third kappa shape index (κ3) is 3.28. The van der Waals surface area contributed by atoms with E-state index >= 15 is 0 Å². The molecule has 1 N–H and O–H groups in total. The van der Waals surface area contributed by atoms with Crippen LogP contribution in [0.1, 0.15) is 30.4 Å². The van der Waals surface area contributed by atoms with E-state index in [-0.39, 0.29) is 12.4 Å². The number of nitrogens with one attached hydrogen (secondary N) is 1. The van der Waals surface area contributed by atoms with Crippen molar-refractivity contribution < 1.29 is 14.2 Å². The van der Waals surface area contributed by atoms with Crippen molar-refractivity contribution in [3.63, 3.8) is 0 Å². The fraction of sp³-hybridized carbons (Fsp3) is 0.571. The predicted octanol–water partition coefficient (Wildman–Crippen LogP) is 2.62. The first-order valence-corrected chi connectivity index (χ1v) is 6.36. The normalized spacial score (nSPS) is 24.2. The average molecular weight is 253 g/mol. The van der Waals surface area contributed by atoms with Crippen molar-refractivity contribution in [1.82, 2.24) is 5.32 Å². The van der Waals surface area contributed by atoms with Crippen LogP contribution in [-0.2, 0) is 16.4 Å². The van der Waals surface area contributed by atoms with E-state index in [1.165, 1.54) is 13.2 Å². The van der Waals surface area contributed by atoms with E-state index in [1.54, 1.807) is 6.07 Å². The molecule has 2 rings (SSSR count). The molecule has 3 nitrogen and oxygen atoms in total. The Balaban J connectivity index is 2.18. The van der Waals surface area contributed by atoms with Gasteiger partial charge in [-0.15, -0.1) is 0 Å². The number of piperidine rings is 1. The van der Waals surface area contributed by atoms with Crippen molar-refractivity contribution in [3.05, 3.63) is 35.1 Å². The Bertz CT molecular complexity index is 397. The molecule has 0 radical (unpaired) electrons. The molecule has 0 unspecified atom stereocenters. The van der Waals surface area contributed by atoms with E-state index in [9.17, 15) is 4.39 Å². The minimum atomic E-state index is -0.201. The minimum absolute atomic E-state index is 0.201. The van der Waals surface area contributed by atoms with Gasteiger partial charge in [-0.3, -0.25) is 0 Å². The molecule has 100 valence electrons. The molecular formula is C14H20FNO2. The number of benzene rings is 1. The fourth-order valence-corrected chi connectivity index (χ4v) is 2.61. The van der Waals surface area contributed by atoms with Gasteiger partial charge in [-0.05, 0) is 54.6 Å². The average Bonchev–Trinajstić information content (AvgIpc) is 2.36. The van der Waals surface area contributed by atoms with Crippen molar-refractivity contribution in [2.75, 3.05) is 20.2 Å². The first kappa shape index (κ1) is 13.5. The van der Waals surface area contributed by atoms with Crippen LogP contribution in [-0.4, -0.2) is 20.2 Å². The summed E-state index contributed by atoms with van der Waals surface area (Å²) in [5.74, 6) is 0.743. The van der Waals surface area contributed by atoms with Gasteiger partial charge in [0.15, 0.2) is 0 Å². The third-order valence-electron chi connectivity index (χ3n) is 3.54. The quantitative estimate of drug-likeness (QED) is 0.661. The van der Waals surface area contributed by atoms with Crippen LogP contribution in [0.15, 0.2) is 18.2 Å². The van der Waals surface area contributed by atoms with Crippen LogP contribution in [0, 0.1) is 11.7 Å². The Morgan fingerprint density at radius 3 is 2.94 bits per heavy atom. The molecule has 1 fully saturated rings. The van der Waals surface area contributed by atoms with E-state index in [0.717, 1.165) is 30.6 Å². The SMILES string of the molecule is COOCc1cc(F)cc([C@H]2CCNC[C@@H]2C)c1. The highest BCUT2D eigenvalue weighted by molar-refractivity contribution is 5.28. The highest BCUT2D eigenvalue weighted by Gasteiger charge is 2.23. The van der Waals surface area contributed by atoms with Crippen LogP contribution in [0.5, 0.6) is 0 Å². The van der Waals surface area contributed by atoms with E-state index in [1.807, 2.05) is 6.07 Å². The molecule has 4 heteroatoms. The van der Waals surface area contributed by atoms with E-state index < -0.39 is 0 Å². The van der Waals surface area contributed by atoms with Gasteiger partial charge in [0.05, 0.1) is 7.11 Å². The molecule has 1 aliphatic heterocycles. The molecule has 0 bridgehead atoms. The van der Waals surface area contributed by atoms with Gasteiger partial charge in [-0.1, -0.05) is 13.0 Å². The third-order valence-corrected chi connectivity index (χ3v) is 3.54. The summed E-state index contributed by atoms with van der Waals surface area (Å²) in [6.45, 7) is 4.47. The van der Waals surface area contributed by atoms with Gasteiger partial charge in [0.25, 0.3) is 0 Å². The molecule has 0 saturated carbocycles. The molecule has 1 aromatic rings. The van der Waals surface area contributed by atoms with Crippen LogP contribution in [0.3, 0.4) is 0 Å². The summed E-state index contributed by atoms with van der Waals surface area (Å²) < 4.78 is 13.6. The number of hydrogen-bond acceptors (Lipinski definition) is 3. The van der Waals surface area contributed by atoms with Gasteiger partial charge >= 0.3 is 0 Å². The molecule has 0 amide bonds. The lowest BCUT2D eigenvalue weighted by Crippen LogP contribution is -2.33. The van der Waals surface area contributed by atoms with E-state index in [4.69, 9.17) is 4.89 Å². The van der Waals surface area contributed by atoms with Crippen molar-refractivity contribution in [3.8, 4) is 0 Å². The van der Waals surface area contributed by atoms with Crippen LogP contribution in [0.25, 0.3) is 0 Å². The van der Waals surface area contributed by atoms with Crippen LogP contribution >= 0.6 is 0 Å². The first-order valence-electron chi connectivity index (χ1n) is 6.36. The largest absolute Gasteiger partial charge is 0.316 e. The molecule has 0 spiro atoms. The van der Waals surface area contributed by atoms with Gasteiger partial charge in [-0.25, -0.2) is 14.2 Å². The molecule has 1 heterocycles. The molecular weight excluding hydrogens is 233 g/mol. The number of rotatable bonds is 4. The second-order valence-electron chi connectivity index (χ2n) is 4.90. The number of hydrogen-bond donors (Lipinski definition) is 1. The molecule has 1 saturated heterocycles. The highest BCUT2D eigenvalue weighted by atomic mass is 19.1. The molecule has 0 aromatic heterocycles. The Kier molecular flexibility index (Phi) is 4.69. The molecule has 0 aliphatic carbocycles. The Morgan fingerprint density at radius 1 is 1.39 bits per heavy atom. The van der Waals surface area contributed by atoms with Gasteiger partial charge in [-0.2, -0.15) is 0 Å². The Hall–Kier alpha value is -0.970. The van der Waals surface area contributed by atoms with Gasteiger partial charge < -0.3 is 5.32 Å². The summed E-state index contributed by atoms with van der Waals surface area (Å²) in [5.41, 5.74) is 1.89. The summed E-state index contributed by atoms with van der Waals surface area (Å²) in [6.07, 6.45) is 1.05. The van der Waals surface area contributed by atoms with Crippen molar-refractivity contribution in [2.24, 2.45) is 5.92 Å². The lowest BCUT2D eigenvalue weighted by Gasteiger charge is -2.30. The summed E-state index contributed by atoms with van der Waals surface area (Å²) in [6, 6.07) is 5.16. The lowest BCUT2D eigenvalue weighted by atomic mass is 9.82. The molecule has 1 aromatic carbocycles. The standard InChI is InChI=1S/C14H20FNO2/c1-10-8-16-4-3-14(10)12-5-11(9-18-17-2)6-13(15)7-12/h5-7,10,14,16H,3-4,8-9H2,1-2H3/t10-,14-/m0/s1. The van der Waals surface area contributed by atoms with Gasteiger partial charge in [0.2, 0.25) is 0 Å². The maximum atomic E-state index is 13.6. The summed E-state index contributed by atoms with van der Waals surface area (Å²) in [7, 11) is 1.45. The van der Waals surface area contributed by atoms with E-state index in [0.29, 0.717) is 11.8 Å². The zero-order valence-electron chi connectivity index (χ0n) is 10.9. The summed E-state index contributed by atoms with van der Waals surface area (Å²) in [5, 5.41) is 3.36.